The predicted octanol–water partition coefficient (Wildman–Crippen LogP) is 4.43. The van der Waals surface area contributed by atoms with Crippen LogP contribution in [0.2, 0.25) is 4.34 Å². The fraction of sp³-hybridized carbons (Fsp3) is 0.294. The topological polar surface area (TPSA) is 53.4 Å². The molecule has 1 N–H and O–H groups in total. The third-order valence-electron chi connectivity index (χ3n) is 3.79. The summed E-state index contributed by atoms with van der Waals surface area (Å²) in [5.74, 6) is 0.385. The van der Waals surface area contributed by atoms with E-state index in [4.69, 9.17) is 21.7 Å². The standard InChI is InChI=1S/C17H17ClN2O2S/c18-15-9-8-14(23-15)17(21)22-13-7-3-2-6-12(13)16(19)20-10-4-1-5-11-20/h2-3,6-9,19H,1,4-5,10-11H2. The monoisotopic (exact) mass is 348 g/mol. The highest BCUT2D eigenvalue weighted by Crippen LogP contribution is 2.26. The molecule has 4 nitrogen and oxygen atoms in total. The van der Waals surface area contributed by atoms with Crippen molar-refractivity contribution < 1.29 is 9.53 Å². The van der Waals surface area contributed by atoms with E-state index in [2.05, 4.69) is 0 Å². The first kappa shape index (κ1) is 16.0. The number of nitrogens with zero attached hydrogens (tertiary/aromatic N) is 1. The molecule has 0 spiro atoms. The van der Waals surface area contributed by atoms with E-state index in [-0.39, 0.29) is 0 Å². The van der Waals surface area contributed by atoms with Crippen molar-refractivity contribution in [1.29, 1.82) is 5.41 Å². The van der Waals surface area contributed by atoms with Crippen molar-refractivity contribution in [3.8, 4) is 5.75 Å². The fourth-order valence-corrected chi connectivity index (χ4v) is 3.53. The maximum Gasteiger partial charge on any atom is 0.353 e. The lowest BCUT2D eigenvalue weighted by molar-refractivity contribution is 0.0739. The Morgan fingerprint density at radius 3 is 2.57 bits per heavy atom. The molecule has 3 rings (SSSR count). The third-order valence-corrected chi connectivity index (χ3v) is 5.00. The molecule has 1 aliphatic heterocycles. The van der Waals surface area contributed by atoms with Crippen LogP contribution in [0.1, 0.15) is 34.5 Å². The van der Waals surface area contributed by atoms with Crippen molar-refractivity contribution in [3.05, 3.63) is 51.2 Å². The molecule has 0 atom stereocenters. The number of likely N-dealkylation sites (tertiary alicyclic amines) is 1. The molecule has 2 heterocycles. The summed E-state index contributed by atoms with van der Waals surface area (Å²) in [6.45, 7) is 1.75. The number of carbonyl (C=O) groups excluding carboxylic acids is 1. The average Bonchev–Trinajstić information content (AvgIpc) is 3.02. The van der Waals surface area contributed by atoms with Crippen LogP contribution in [0.4, 0.5) is 0 Å². The Labute approximate surface area is 144 Å². The molecule has 1 aromatic heterocycles. The van der Waals surface area contributed by atoms with Crippen molar-refractivity contribution in [3.63, 3.8) is 0 Å². The fourth-order valence-electron chi connectivity index (χ4n) is 2.61. The minimum atomic E-state index is -0.444. The van der Waals surface area contributed by atoms with Crippen LogP contribution in [-0.4, -0.2) is 29.8 Å². The van der Waals surface area contributed by atoms with Gasteiger partial charge >= 0.3 is 5.97 Å². The average molecular weight is 349 g/mol. The van der Waals surface area contributed by atoms with Gasteiger partial charge < -0.3 is 9.64 Å². The predicted molar refractivity (Wildman–Crippen MR) is 93.0 cm³/mol. The lowest BCUT2D eigenvalue weighted by atomic mass is 10.1. The van der Waals surface area contributed by atoms with E-state index in [0.29, 0.717) is 26.4 Å². The molecule has 1 fully saturated rings. The highest BCUT2D eigenvalue weighted by molar-refractivity contribution is 7.17. The minimum Gasteiger partial charge on any atom is -0.422 e. The van der Waals surface area contributed by atoms with Crippen LogP contribution >= 0.6 is 22.9 Å². The molecule has 23 heavy (non-hydrogen) atoms. The zero-order chi connectivity index (χ0) is 16.2. The van der Waals surface area contributed by atoms with Crippen molar-refractivity contribution in [2.45, 2.75) is 19.3 Å². The van der Waals surface area contributed by atoms with Gasteiger partial charge in [-0.05, 0) is 43.5 Å². The maximum absolute atomic E-state index is 12.2. The first-order chi connectivity index (χ1) is 11.1. The second kappa shape index (κ2) is 7.15. The van der Waals surface area contributed by atoms with E-state index in [9.17, 15) is 4.79 Å². The summed E-state index contributed by atoms with van der Waals surface area (Å²) in [6.07, 6.45) is 3.40. The SMILES string of the molecule is N=C(c1ccccc1OC(=O)c1ccc(Cl)s1)N1CCCCC1. The quantitative estimate of drug-likeness (QED) is 0.386. The lowest BCUT2D eigenvalue weighted by Gasteiger charge is -2.29. The molecule has 6 heteroatoms. The molecule has 120 valence electrons. The normalized spacial score (nSPS) is 14.6. The number of piperidine rings is 1. The van der Waals surface area contributed by atoms with Crippen molar-refractivity contribution in [2.75, 3.05) is 13.1 Å². The van der Waals surface area contributed by atoms with Gasteiger partial charge in [-0.15, -0.1) is 11.3 Å². The summed E-state index contributed by atoms with van der Waals surface area (Å²) < 4.78 is 6.05. The number of halogens is 1. The maximum atomic E-state index is 12.2. The van der Waals surface area contributed by atoms with E-state index in [1.165, 1.54) is 17.8 Å². The summed E-state index contributed by atoms with van der Waals surface area (Å²) in [7, 11) is 0. The number of nitrogens with one attached hydrogen (secondary N) is 1. The van der Waals surface area contributed by atoms with Crippen LogP contribution in [0.25, 0.3) is 0 Å². The molecule has 1 saturated heterocycles. The van der Waals surface area contributed by atoms with E-state index in [1.807, 2.05) is 17.0 Å². The largest absolute Gasteiger partial charge is 0.422 e. The van der Waals surface area contributed by atoms with Gasteiger partial charge in [-0.3, -0.25) is 5.41 Å². The van der Waals surface area contributed by atoms with Crippen LogP contribution in [0.15, 0.2) is 36.4 Å². The molecule has 0 radical (unpaired) electrons. The molecule has 1 aromatic carbocycles. The first-order valence-corrected chi connectivity index (χ1v) is 8.75. The highest BCUT2D eigenvalue weighted by atomic mass is 35.5. The number of benzene rings is 1. The molecule has 0 saturated carbocycles. The van der Waals surface area contributed by atoms with E-state index < -0.39 is 5.97 Å². The number of esters is 1. The van der Waals surface area contributed by atoms with E-state index >= 15 is 0 Å². The molecular formula is C17H17ClN2O2S. The minimum absolute atomic E-state index is 0.414. The Bertz CT molecular complexity index is 723. The van der Waals surface area contributed by atoms with Crippen LogP contribution in [-0.2, 0) is 0 Å². The van der Waals surface area contributed by atoms with Gasteiger partial charge in [0.15, 0.2) is 0 Å². The Kier molecular flexibility index (Phi) is 4.98. The van der Waals surface area contributed by atoms with Gasteiger partial charge in [0, 0.05) is 13.1 Å². The molecule has 0 bridgehead atoms. The number of carbonyl (C=O) groups is 1. The van der Waals surface area contributed by atoms with Gasteiger partial charge in [0.1, 0.15) is 16.5 Å². The second-order valence-electron chi connectivity index (χ2n) is 5.39. The highest BCUT2D eigenvalue weighted by Gasteiger charge is 2.20. The summed E-state index contributed by atoms with van der Waals surface area (Å²) in [5, 5.41) is 8.43. The Hall–Kier alpha value is -1.85. The molecule has 0 aliphatic carbocycles. The number of ether oxygens (including phenoxy) is 1. The summed E-state index contributed by atoms with van der Waals surface area (Å²) in [6, 6.07) is 10.5. The number of rotatable bonds is 3. The number of thiophene rings is 1. The Morgan fingerprint density at radius 1 is 1.13 bits per heavy atom. The number of hydrogen-bond acceptors (Lipinski definition) is 4. The second-order valence-corrected chi connectivity index (χ2v) is 7.10. The summed E-state index contributed by atoms with van der Waals surface area (Å²) >= 11 is 7.04. The Morgan fingerprint density at radius 2 is 1.87 bits per heavy atom. The van der Waals surface area contributed by atoms with E-state index in [0.717, 1.165) is 25.9 Å². The van der Waals surface area contributed by atoms with Crippen LogP contribution < -0.4 is 4.74 Å². The van der Waals surface area contributed by atoms with Crippen molar-refractivity contribution in [1.82, 2.24) is 4.90 Å². The molecule has 2 aromatic rings. The van der Waals surface area contributed by atoms with Gasteiger partial charge in [0.25, 0.3) is 0 Å². The summed E-state index contributed by atoms with van der Waals surface area (Å²) in [5.41, 5.74) is 0.644. The van der Waals surface area contributed by atoms with Gasteiger partial charge in [-0.25, -0.2) is 4.79 Å². The van der Waals surface area contributed by atoms with Gasteiger partial charge in [0.2, 0.25) is 0 Å². The molecule has 1 aliphatic rings. The zero-order valence-electron chi connectivity index (χ0n) is 12.5. The summed E-state index contributed by atoms with van der Waals surface area (Å²) in [4.78, 5) is 14.7. The van der Waals surface area contributed by atoms with Crippen molar-refractivity contribution >= 4 is 34.7 Å². The smallest absolute Gasteiger partial charge is 0.353 e. The third kappa shape index (κ3) is 3.74. The number of para-hydroxylation sites is 1. The van der Waals surface area contributed by atoms with Crippen molar-refractivity contribution in [2.24, 2.45) is 0 Å². The van der Waals surface area contributed by atoms with Crippen LogP contribution in [0.5, 0.6) is 5.75 Å². The van der Waals surface area contributed by atoms with Gasteiger partial charge in [0.05, 0.1) is 9.90 Å². The van der Waals surface area contributed by atoms with E-state index in [1.54, 1.807) is 24.3 Å². The number of hydrogen-bond donors (Lipinski definition) is 1. The molecular weight excluding hydrogens is 332 g/mol. The van der Waals surface area contributed by atoms with Crippen LogP contribution in [0, 0.1) is 5.41 Å². The number of amidine groups is 1. The van der Waals surface area contributed by atoms with Gasteiger partial charge in [-0.1, -0.05) is 23.7 Å². The molecule has 0 amide bonds. The lowest BCUT2D eigenvalue weighted by Crippen LogP contribution is -2.35. The van der Waals surface area contributed by atoms with Crippen LogP contribution in [0.3, 0.4) is 0 Å². The zero-order valence-corrected chi connectivity index (χ0v) is 14.1. The molecule has 0 unspecified atom stereocenters. The van der Waals surface area contributed by atoms with Gasteiger partial charge in [-0.2, -0.15) is 0 Å². The Balaban J connectivity index is 1.80. The first-order valence-electron chi connectivity index (χ1n) is 7.55.